The van der Waals surface area contributed by atoms with Crippen molar-refractivity contribution in [1.29, 1.82) is 0 Å². The molecular formula is C21H21N5O4. The molecule has 1 aliphatic heterocycles. The van der Waals surface area contributed by atoms with Gasteiger partial charge in [-0.05, 0) is 36.9 Å². The van der Waals surface area contributed by atoms with Gasteiger partial charge in [0.05, 0.1) is 5.69 Å². The number of ether oxygens (including phenoxy) is 2. The van der Waals surface area contributed by atoms with Crippen LogP contribution in [-0.2, 0) is 19.6 Å². The van der Waals surface area contributed by atoms with Crippen molar-refractivity contribution in [3.8, 4) is 11.5 Å². The molecule has 2 aromatic heterocycles. The molecule has 1 aromatic carbocycles. The van der Waals surface area contributed by atoms with Gasteiger partial charge in [0, 0.05) is 43.9 Å². The summed E-state index contributed by atoms with van der Waals surface area (Å²) in [6, 6.07) is 8.73. The number of benzene rings is 1. The average Bonchev–Trinajstić information content (AvgIpc) is 3.20. The van der Waals surface area contributed by atoms with E-state index in [1.54, 1.807) is 36.8 Å². The smallest absolute Gasteiger partial charge is 0.261 e. The predicted octanol–water partition coefficient (Wildman–Crippen LogP) is 1.46. The summed E-state index contributed by atoms with van der Waals surface area (Å²) in [6.45, 7) is 1.57. The highest BCUT2D eigenvalue weighted by atomic mass is 16.7. The van der Waals surface area contributed by atoms with Crippen LogP contribution in [0.1, 0.15) is 27.3 Å². The highest BCUT2D eigenvalue weighted by Gasteiger charge is 2.15. The molecule has 9 nitrogen and oxygen atoms in total. The molecule has 0 bridgehead atoms. The highest BCUT2D eigenvalue weighted by Crippen LogP contribution is 2.32. The van der Waals surface area contributed by atoms with Gasteiger partial charge < -0.3 is 19.8 Å². The van der Waals surface area contributed by atoms with Crippen molar-refractivity contribution in [2.45, 2.75) is 19.6 Å². The Bertz CT molecular complexity index is 1100. The number of nitrogens with zero attached hydrogens (tertiary/aromatic N) is 3. The van der Waals surface area contributed by atoms with Gasteiger partial charge >= 0.3 is 0 Å². The SMILES string of the molecule is CN(Cc1cnccn1)Cc1ccc(C(=O)NCc2ccc3c(c2)OCO3)c(=O)[nH]1. The Morgan fingerprint density at radius 1 is 1.17 bits per heavy atom. The quantitative estimate of drug-likeness (QED) is 0.610. The van der Waals surface area contributed by atoms with Crippen molar-refractivity contribution in [2.75, 3.05) is 13.8 Å². The van der Waals surface area contributed by atoms with Gasteiger partial charge in [-0.1, -0.05) is 6.07 Å². The average molecular weight is 407 g/mol. The van der Waals surface area contributed by atoms with Crippen LogP contribution in [0.3, 0.4) is 0 Å². The number of amides is 1. The van der Waals surface area contributed by atoms with Gasteiger partial charge in [-0.3, -0.25) is 24.5 Å². The molecule has 3 heterocycles. The second-order valence-corrected chi connectivity index (χ2v) is 6.97. The van der Waals surface area contributed by atoms with E-state index in [0.29, 0.717) is 30.3 Å². The standard InChI is InChI=1S/C21H21N5O4/c1-26(12-16-10-22-6-7-23-16)11-15-3-4-17(21(28)25-15)20(27)24-9-14-2-5-18-19(8-14)30-13-29-18/h2-8,10H,9,11-13H2,1H3,(H,24,27)(H,25,28). The van der Waals surface area contributed by atoms with E-state index in [-0.39, 0.29) is 18.9 Å². The summed E-state index contributed by atoms with van der Waals surface area (Å²) >= 11 is 0. The van der Waals surface area contributed by atoms with Crippen LogP contribution in [0.25, 0.3) is 0 Å². The summed E-state index contributed by atoms with van der Waals surface area (Å²) in [7, 11) is 1.92. The summed E-state index contributed by atoms with van der Waals surface area (Å²) in [5.41, 5.74) is 2.03. The number of rotatable bonds is 7. The topological polar surface area (TPSA) is 109 Å². The molecular weight excluding hydrogens is 386 g/mol. The largest absolute Gasteiger partial charge is 0.454 e. The van der Waals surface area contributed by atoms with E-state index in [0.717, 1.165) is 11.3 Å². The van der Waals surface area contributed by atoms with E-state index >= 15 is 0 Å². The number of H-pyrrole nitrogens is 1. The van der Waals surface area contributed by atoms with Gasteiger partial charge in [0.2, 0.25) is 6.79 Å². The Labute approximate surface area is 172 Å². The van der Waals surface area contributed by atoms with Crippen LogP contribution in [-0.4, -0.2) is 39.6 Å². The van der Waals surface area contributed by atoms with Gasteiger partial charge in [-0.25, -0.2) is 0 Å². The van der Waals surface area contributed by atoms with Crippen LogP contribution in [0.2, 0.25) is 0 Å². The molecule has 0 saturated heterocycles. The fraction of sp³-hybridized carbons (Fsp3) is 0.238. The molecule has 0 atom stereocenters. The maximum absolute atomic E-state index is 12.4. The molecule has 9 heteroatoms. The number of aromatic nitrogens is 3. The number of pyridine rings is 1. The second-order valence-electron chi connectivity index (χ2n) is 6.97. The third-order valence-corrected chi connectivity index (χ3v) is 4.59. The fourth-order valence-electron chi connectivity index (χ4n) is 3.15. The summed E-state index contributed by atoms with van der Waals surface area (Å²) in [5.74, 6) is 0.893. The van der Waals surface area contributed by atoms with Gasteiger partial charge in [-0.2, -0.15) is 0 Å². The molecule has 0 unspecified atom stereocenters. The van der Waals surface area contributed by atoms with Crippen LogP contribution in [0.15, 0.2) is 53.7 Å². The van der Waals surface area contributed by atoms with Crippen molar-refractivity contribution < 1.29 is 14.3 Å². The van der Waals surface area contributed by atoms with Crippen LogP contribution >= 0.6 is 0 Å². The molecule has 0 spiro atoms. The Morgan fingerprint density at radius 3 is 2.83 bits per heavy atom. The molecule has 0 aliphatic carbocycles. The van der Waals surface area contributed by atoms with Crippen molar-refractivity contribution in [2.24, 2.45) is 0 Å². The number of hydrogen-bond donors (Lipinski definition) is 2. The fourth-order valence-corrected chi connectivity index (χ4v) is 3.15. The summed E-state index contributed by atoms with van der Waals surface area (Å²) in [4.78, 5) is 37.9. The normalized spacial score (nSPS) is 12.2. The Balaban J connectivity index is 1.35. The molecule has 30 heavy (non-hydrogen) atoms. The second kappa shape index (κ2) is 8.75. The lowest BCUT2D eigenvalue weighted by Gasteiger charge is -2.16. The lowest BCUT2D eigenvalue weighted by molar-refractivity contribution is 0.0949. The van der Waals surface area contributed by atoms with Gasteiger partial charge in [0.1, 0.15) is 5.56 Å². The maximum Gasteiger partial charge on any atom is 0.261 e. The highest BCUT2D eigenvalue weighted by molar-refractivity contribution is 5.93. The Kier molecular flexibility index (Phi) is 5.71. The van der Waals surface area contributed by atoms with E-state index in [9.17, 15) is 9.59 Å². The minimum atomic E-state index is -0.437. The summed E-state index contributed by atoms with van der Waals surface area (Å²) < 4.78 is 10.6. The Hall–Kier alpha value is -3.72. The minimum Gasteiger partial charge on any atom is -0.454 e. The van der Waals surface area contributed by atoms with E-state index in [4.69, 9.17) is 9.47 Å². The number of aromatic amines is 1. The number of hydrogen-bond acceptors (Lipinski definition) is 7. The molecule has 1 amide bonds. The lowest BCUT2D eigenvalue weighted by Crippen LogP contribution is -2.30. The molecule has 0 fully saturated rings. The molecule has 4 rings (SSSR count). The van der Waals surface area contributed by atoms with E-state index in [2.05, 4.69) is 20.3 Å². The van der Waals surface area contributed by atoms with Gasteiger partial charge in [0.15, 0.2) is 11.5 Å². The first-order chi connectivity index (χ1) is 14.6. The zero-order valence-electron chi connectivity index (χ0n) is 16.4. The number of carbonyl (C=O) groups is 1. The first-order valence-electron chi connectivity index (χ1n) is 9.41. The summed E-state index contributed by atoms with van der Waals surface area (Å²) in [5, 5.41) is 2.76. The first-order valence-corrected chi connectivity index (χ1v) is 9.41. The lowest BCUT2D eigenvalue weighted by atomic mass is 10.2. The molecule has 3 aromatic rings. The molecule has 1 aliphatic rings. The van der Waals surface area contributed by atoms with Crippen LogP contribution in [0, 0.1) is 0 Å². The number of carbonyl (C=O) groups excluding carboxylic acids is 1. The van der Waals surface area contributed by atoms with Crippen LogP contribution in [0.5, 0.6) is 11.5 Å². The van der Waals surface area contributed by atoms with E-state index in [1.807, 2.05) is 24.1 Å². The zero-order chi connectivity index (χ0) is 20.9. The third kappa shape index (κ3) is 4.64. The first kappa shape index (κ1) is 19.6. The zero-order valence-corrected chi connectivity index (χ0v) is 16.4. The Morgan fingerprint density at radius 2 is 2.03 bits per heavy atom. The van der Waals surface area contributed by atoms with Crippen LogP contribution < -0.4 is 20.3 Å². The minimum absolute atomic E-state index is 0.0658. The van der Waals surface area contributed by atoms with Crippen molar-refractivity contribution >= 4 is 5.91 Å². The number of nitrogens with one attached hydrogen (secondary N) is 2. The molecule has 0 saturated carbocycles. The van der Waals surface area contributed by atoms with Gasteiger partial charge in [0.25, 0.3) is 11.5 Å². The number of fused-ring (bicyclic) bond motifs is 1. The van der Waals surface area contributed by atoms with Crippen LogP contribution in [0.4, 0.5) is 0 Å². The molecule has 0 radical (unpaired) electrons. The van der Waals surface area contributed by atoms with E-state index < -0.39 is 11.5 Å². The predicted molar refractivity (Wildman–Crippen MR) is 108 cm³/mol. The van der Waals surface area contributed by atoms with Crippen molar-refractivity contribution in [1.82, 2.24) is 25.2 Å². The van der Waals surface area contributed by atoms with E-state index in [1.165, 1.54) is 0 Å². The third-order valence-electron chi connectivity index (χ3n) is 4.59. The monoisotopic (exact) mass is 407 g/mol. The summed E-state index contributed by atoms with van der Waals surface area (Å²) in [6.07, 6.45) is 4.96. The van der Waals surface area contributed by atoms with Crippen molar-refractivity contribution in [3.05, 3.63) is 81.8 Å². The molecule has 2 N–H and O–H groups in total. The van der Waals surface area contributed by atoms with Gasteiger partial charge in [-0.15, -0.1) is 0 Å². The molecule has 154 valence electrons. The van der Waals surface area contributed by atoms with Crippen molar-refractivity contribution in [3.63, 3.8) is 0 Å². The maximum atomic E-state index is 12.4.